The average Bonchev–Trinajstić information content (AvgIpc) is 3.04. The highest BCUT2D eigenvalue weighted by molar-refractivity contribution is 5.72. The Morgan fingerprint density at radius 3 is 2.93 bits per heavy atom. The van der Waals surface area contributed by atoms with Gasteiger partial charge in [-0.05, 0) is 29.7 Å². The van der Waals surface area contributed by atoms with Crippen molar-refractivity contribution in [3.63, 3.8) is 0 Å². The zero-order valence-electron chi connectivity index (χ0n) is 14.7. The van der Waals surface area contributed by atoms with Crippen molar-refractivity contribution in [3.8, 4) is 0 Å². The Kier molecular flexibility index (Phi) is 3.68. The van der Waals surface area contributed by atoms with Gasteiger partial charge < -0.3 is 15.3 Å². The van der Waals surface area contributed by atoms with Crippen LogP contribution in [0.25, 0.3) is 17.2 Å². The average molecular weight is 372 g/mol. The number of nitrogens with zero attached hydrogens (tertiary/aromatic N) is 3. The molecule has 1 aliphatic carbocycles. The molecule has 3 aromatic heterocycles. The molecule has 0 radical (unpaired) electrons. The van der Waals surface area contributed by atoms with Crippen LogP contribution in [-0.2, 0) is 0 Å². The van der Waals surface area contributed by atoms with Crippen molar-refractivity contribution in [1.29, 1.82) is 0 Å². The molecule has 0 saturated heterocycles. The number of hydrogen-bond acceptors (Lipinski definition) is 5. The second-order valence-electron chi connectivity index (χ2n) is 6.55. The van der Waals surface area contributed by atoms with Gasteiger partial charge in [0.05, 0.1) is 12.2 Å². The number of pyridine rings is 1. The summed E-state index contributed by atoms with van der Waals surface area (Å²) in [4.78, 5) is 38.8. The molecule has 0 saturated carbocycles. The molecule has 0 unspecified atom stereocenters. The molecule has 3 heterocycles. The van der Waals surface area contributed by atoms with Gasteiger partial charge in [0.25, 0.3) is 5.56 Å². The molecule has 1 aliphatic rings. The van der Waals surface area contributed by atoms with Gasteiger partial charge in [-0.1, -0.05) is 36.4 Å². The normalized spacial score (nSPS) is 15.5. The van der Waals surface area contributed by atoms with Crippen LogP contribution in [-0.4, -0.2) is 24.5 Å². The summed E-state index contributed by atoms with van der Waals surface area (Å²) in [5.41, 5.74) is 3.01. The molecule has 8 nitrogen and oxygen atoms in total. The van der Waals surface area contributed by atoms with Gasteiger partial charge >= 0.3 is 5.69 Å². The molecule has 28 heavy (non-hydrogen) atoms. The summed E-state index contributed by atoms with van der Waals surface area (Å²) in [6.45, 7) is 0. The van der Waals surface area contributed by atoms with E-state index in [2.05, 4.69) is 37.4 Å². The van der Waals surface area contributed by atoms with Gasteiger partial charge in [0.1, 0.15) is 11.2 Å². The number of imidazole rings is 1. The van der Waals surface area contributed by atoms with Crippen molar-refractivity contribution >= 4 is 28.9 Å². The lowest BCUT2D eigenvalue weighted by Gasteiger charge is -2.22. The molecule has 0 aliphatic heterocycles. The number of anilines is 2. The van der Waals surface area contributed by atoms with E-state index in [0.717, 1.165) is 11.1 Å². The van der Waals surface area contributed by atoms with Crippen molar-refractivity contribution < 1.29 is 0 Å². The van der Waals surface area contributed by atoms with Crippen LogP contribution >= 0.6 is 0 Å². The Balaban J connectivity index is 1.63. The fourth-order valence-electron chi connectivity index (χ4n) is 3.57. The predicted molar refractivity (Wildman–Crippen MR) is 107 cm³/mol. The zero-order valence-corrected chi connectivity index (χ0v) is 14.7. The van der Waals surface area contributed by atoms with Crippen LogP contribution in [0.2, 0.25) is 0 Å². The molecular weight excluding hydrogens is 356 g/mol. The standard InChI is InChI=1S/C20H16N6O2/c27-18-14(8-4-10-21-18)23-19-22-11-15-17(25-19)26(20(28)24-15)16-9-3-6-12-5-1-2-7-13(12)16/h1-8,10-11,16H,9H2,(H,21,27)(H,24,28)(H,22,23,25)/t16-/m1/s1. The number of H-pyrrole nitrogens is 2. The number of rotatable bonds is 3. The van der Waals surface area contributed by atoms with Crippen molar-refractivity contribution in [2.24, 2.45) is 0 Å². The Morgan fingerprint density at radius 2 is 2.04 bits per heavy atom. The van der Waals surface area contributed by atoms with Crippen LogP contribution in [0.5, 0.6) is 0 Å². The van der Waals surface area contributed by atoms with Crippen molar-refractivity contribution in [2.45, 2.75) is 12.5 Å². The largest absolute Gasteiger partial charge is 0.328 e. The van der Waals surface area contributed by atoms with Gasteiger partial charge in [-0.3, -0.25) is 9.36 Å². The minimum Gasteiger partial charge on any atom is -0.327 e. The number of benzene rings is 1. The van der Waals surface area contributed by atoms with Gasteiger partial charge in [0.2, 0.25) is 5.95 Å². The molecule has 5 rings (SSSR count). The first-order chi connectivity index (χ1) is 13.7. The van der Waals surface area contributed by atoms with E-state index in [1.807, 2.05) is 24.3 Å². The third-order valence-corrected chi connectivity index (χ3v) is 4.85. The number of aromatic nitrogens is 5. The van der Waals surface area contributed by atoms with E-state index >= 15 is 0 Å². The number of allylic oxidation sites excluding steroid dienone is 1. The summed E-state index contributed by atoms with van der Waals surface area (Å²) in [6.07, 6.45) is 7.91. The maximum absolute atomic E-state index is 12.7. The van der Waals surface area contributed by atoms with Crippen LogP contribution in [0.4, 0.5) is 11.6 Å². The van der Waals surface area contributed by atoms with Gasteiger partial charge in [-0.15, -0.1) is 0 Å². The molecule has 0 spiro atoms. The molecule has 0 fully saturated rings. The fraction of sp³-hybridized carbons (Fsp3) is 0.100. The summed E-state index contributed by atoms with van der Waals surface area (Å²) in [7, 11) is 0. The van der Waals surface area contributed by atoms with E-state index in [1.165, 1.54) is 0 Å². The van der Waals surface area contributed by atoms with E-state index in [1.54, 1.807) is 29.1 Å². The topological polar surface area (TPSA) is 108 Å². The number of aromatic amines is 2. The Morgan fingerprint density at radius 1 is 1.14 bits per heavy atom. The first kappa shape index (κ1) is 16.2. The van der Waals surface area contributed by atoms with Crippen LogP contribution < -0.4 is 16.6 Å². The molecule has 0 bridgehead atoms. The van der Waals surface area contributed by atoms with Crippen LogP contribution in [0.15, 0.2) is 64.5 Å². The second kappa shape index (κ2) is 6.34. The van der Waals surface area contributed by atoms with Crippen molar-refractivity contribution in [2.75, 3.05) is 5.32 Å². The molecule has 1 aromatic carbocycles. The highest BCUT2D eigenvalue weighted by Crippen LogP contribution is 2.31. The minimum atomic E-state index is -0.274. The lowest BCUT2D eigenvalue weighted by molar-refractivity contribution is 0.581. The highest BCUT2D eigenvalue weighted by Gasteiger charge is 2.23. The quantitative estimate of drug-likeness (QED) is 0.512. The molecule has 3 N–H and O–H groups in total. The predicted octanol–water partition coefficient (Wildman–Crippen LogP) is 2.56. The van der Waals surface area contributed by atoms with E-state index in [-0.39, 0.29) is 23.2 Å². The molecule has 1 atom stereocenters. The van der Waals surface area contributed by atoms with E-state index in [9.17, 15) is 9.59 Å². The maximum Gasteiger partial charge on any atom is 0.328 e. The Bertz CT molecular complexity index is 1330. The summed E-state index contributed by atoms with van der Waals surface area (Å²) in [6, 6.07) is 11.2. The molecule has 8 heteroatoms. The van der Waals surface area contributed by atoms with Crippen molar-refractivity contribution in [3.05, 3.63) is 86.8 Å². The smallest absolute Gasteiger partial charge is 0.327 e. The third kappa shape index (κ3) is 2.62. The number of nitrogens with one attached hydrogen (secondary N) is 3. The lowest BCUT2D eigenvalue weighted by atomic mass is 9.93. The first-order valence-corrected chi connectivity index (χ1v) is 8.88. The summed E-state index contributed by atoms with van der Waals surface area (Å²) < 4.78 is 1.65. The number of hydrogen-bond donors (Lipinski definition) is 3. The Hall–Kier alpha value is -3.94. The fourth-order valence-corrected chi connectivity index (χ4v) is 3.57. The SMILES string of the molecule is O=c1[nH]cccc1Nc1ncc2[nH]c(=O)n([C@@H]3CC=Cc4ccccc43)c2n1. The zero-order chi connectivity index (χ0) is 19.1. The van der Waals surface area contributed by atoms with Gasteiger partial charge in [0, 0.05) is 6.20 Å². The van der Waals surface area contributed by atoms with E-state index in [4.69, 9.17) is 0 Å². The van der Waals surface area contributed by atoms with Gasteiger partial charge in [0.15, 0.2) is 5.65 Å². The van der Waals surface area contributed by atoms with Crippen LogP contribution in [0, 0.1) is 0 Å². The summed E-state index contributed by atoms with van der Waals surface area (Å²) in [5.74, 6) is 0.247. The third-order valence-electron chi connectivity index (χ3n) is 4.85. The van der Waals surface area contributed by atoms with Crippen molar-refractivity contribution in [1.82, 2.24) is 24.5 Å². The molecule has 4 aromatic rings. The van der Waals surface area contributed by atoms with Crippen LogP contribution in [0.3, 0.4) is 0 Å². The second-order valence-corrected chi connectivity index (χ2v) is 6.55. The van der Waals surface area contributed by atoms with Gasteiger partial charge in [-0.2, -0.15) is 4.98 Å². The van der Waals surface area contributed by atoms with Gasteiger partial charge in [-0.25, -0.2) is 9.78 Å². The molecule has 138 valence electrons. The van der Waals surface area contributed by atoms with Crippen LogP contribution in [0.1, 0.15) is 23.6 Å². The Labute approximate surface area is 158 Å². The van der Waals surface area contributed by atoms with E-state index < -0.39 is 0 Å². The lowest BCUT2D eigenvalue weighted by Crippen LogP contribution is -2.24. The highest BCUT2D eigenvalue weighted by atomic mass is 16.1. The maximum atomic E-state index is 12.7. The summed E-state index contributed by atoms with van der Waals surface area (Å²) in [5, 5.41) is 2.91. The molecule has 0 amide bonds. The minimum absolute atomic E-state index is 0.162. The monoisotopic (exact) mass is 372 g/mol. The first-order valence-electron chi connectivity index (χ1n) is 8.88. The molecular formula is C20H16N6O2. The number of fused-ring (bicyclic) bond motifs is 2. The summed E-state index contributed by atoms with van der Waals surface area (Å²) >= 11 is 0. The van der Waals surface area contributed by atoms with E-state index in [0.29, 0.717) is 23.3 Å².